The normalized spacial score (nSPS) is 20.8. The molecule has 1 saturated carbocycles. The van der Waals surface area contributed by atoms with Gasteiger partial charge in [0.25, 0.3) is 0 Å². The average molecular weight is 286 g/mol. The lowest BCUT2D eigenvalue weighted by molar-refractivity contribution is 0.331. The van der Waals surface area contributed by atoms with Crippen LogP contribution in [0.4, 0.5) is 5.69 Å². The molecule has 0 atom stereocenters. The molecule has 21 heavy (non-hydrogen) atoms. The molecule has 1 aliphatic carbocycles. The van der Waals surface area contributed by atoms with Crippen molar-refractivity contribution in [3.63, 3.8) is 0 Å². The Balaban J connectivity index is 1.49. The number of likely N-dealkylation sites (tertiary alicyclic amines) is 1. The van der Waals surface area contributed by atoms with Crippen molar-refractivity contribution < 1.29 is 0 Å². The highest BCUT2D eigenvalue weighted by Crippen LogP contribution is 2.26. The summed E-state index contributed by atoms with van der Waals surface area (Å²) >= 11 is 0. The number of nitrogens with zero attached hydrogens (tertiary/aromatic N) is 1. The maximum atomic E-state index is 3.71. The number of rotatable bonds is 6. The van der Waals surface area contributed by atoms with Crippen molar-refractivity contribution in [3.05, 3.63) is 29.8 Å². The van der Waals surface area contributed by atoms with Crippen LogP contribution in [0.1, 0.15) is 56.9 Å². The highest BCUT2D eigenvalue weighted by molar-refractivity contribution is 5.51. The largest absolute Gasteiger partial charge is 0.385 e. The van der Waals surface area contributed by atoms with Crippen molar-refractivity contribution in [1.29, 1.82) is 0 Å². The van der Waals surface area contributed by atoms with Crippen LogP contribution < -0.4 is 5.32 Å². The van der Waals surface area contributed by atoms with E-state index in [1.807, 2.05) is 0 Å². The standard InChI is InChI=1S/C19H30N2/c1-2-8-17(9-3-1)12-13-20-19-11-5-4-10-18(19)16-21-14-6-7-15-21/h4-5,10-11,17,20H,1-3,6-9,12-16H2. The fraction of sp³-hybridized carbons (Fsp3) is 0.684. The van der Waals surface area contributed by atoms with E-state index in [4.69, 9.17) is 0 Å². The van der Waals surface area contributed by atoms with Gasteiger partial charge in [0, 0.05) is 18.8 Å². The predicted octanol–water partition coefficient (Wildman–Crippen LogP) is 4.66. The third-order valence-corrected chi connectivity index (χ3v) is 5.20. The Morgan fingerprint density at radius 1 is 0.952 bits per heavy atom. The average Bonchev–Trinajstić information content (AvgIpc) is 3.03. The molecule has 1 N–H and O–H groups in total. The highest BCUT2D eigenvalue weighted by Gasteiger charge is 2.15. The number of hydrogen-bond donors (Lipinski definition) is 1. The lowest BCUT2D eigenvalue weighted by atomic mass is 9.87. The van der Waals surface area contributed by atoms with Gasteiger partial charge < -0.3 is 5.32 Å². The fourth-order valence-electron chi connectivity index (χ4n) is 3.90. The zero-order chi connectivity index (χ0) is 14.3. The number of hydrogen-bond acceptors (Lipinski definition) is 2. The van der Waals surface area contributed by atoms with E-state index in [1.165, 1.54) is 75.7 Å². The summed E-state index contributed by atoms with van der Waals surface area (Å²) < 4.78 is 0. The van der Waals surface area contributed by atoms with E-state index in [2.05, 4.69) is 34.5 Å². The van der Waals surface area contributed by atoms with Crippen LogP contribution in [-0.4, -0.2) is 24.5 Å². The zero-order valence-electron chi connectivity index (χ0n) is 13.3. The van der Waals surface area contributed by atoms with Crippen LogP contribution in [0.3, 0.4) is 0 Å². The van der Waals surface area contributed by atoms with Crippen LogP contribution in [0.25, 0.3) is 0 Å². The van der Waals surface area contributed by atoms with Gasteiger partial charge in [0.15, 0.2) is 0 Å². The van der Waals surface area contributed by atoms with E-state index >= 15 is 0 Å². The third-order valence-electron chi connectivity index (χ3n) is 5.20. The molecule has 0 aromatic heterocycles. The summed E-state index contributed by atoms with van der Waals surface area (Å²) in [5, 5.41) is 3.71. The smallest absolute Gasteiger partial charge is 0.0385 e. The van der Waals surface area contributed by atoms with Crippen molar-refractivity contribution in [2.24, 2.45) is 5.92 Å². The second-order valence-corrected chi connectivity index (χ2v) is 6.86. The highest BCUT2D eigenvalue weighted by atomic mass is 15.1. The summed E-state index contributed by atoms with van der Waals surface area (Å²) in [4.78, 5) is 2.58. The molecule has 1 aromatic rings. The minimum atomic E-state index is 0.969. The zero-order valence-corrected chi connectivity index (χ0v) is 13.3. The molecular formula is C19H30N2. The molecule has 1 saturated heterocycles. The van der Waals surface area contributed by atoms with E-state index in [1.54, 1.807) is 0 Å². The Kier molecular flexibility index (Phi) is 5.56. The molecule has 0 amide bonds. The van der Waals surface area contributed by atoms with Gasteiger partial charge in [-0.1, -0.05) is 50.3 Å². The van der Waals surface area contributed by atoms with Crippen LogP contribution in [0.2, 0.25) is 0 Å². The van der Waals surface area contributed by atoms with Gasteiger partial charge in [-0.3, -0.25) is 4.90 Å². The first-order chi connectivity index (χ1) is 10.4. The van der Waals surface area contributed by atoms with Gasteiger partial charge in [0.1, 0.15) is 0 Å². The Labute approximate surface area is 129 Å². The van der Waals surface area contributed by atoms with E-state index in [-0.39, 0.29) is 0 Å². The summed E-state index contributed by atoms with van der Waals surface area (Å²) in [5.74, 6) is 0.969. The summed E-state index contributed by atoms with van der Waals surface area (Å²) in [7, 11) is 0. The molecule has 2 fully saturated rings. The summed E-state index contributed by atoms with van der Waals surface area (Å²) in [5.41, 5.74) is 2.84. The van der Waals surface area contributed by atoms with Gasteiger partial charge in [-0.2, -0.15) is 0 Å². The van der Waals surface area contributed by atoms with E-state index in [0.717, 1.165) is 19.0 Å². The SMILES string of the molecule is c1ccc(NCCC2CCCCC2)c(CN2CCCC2)c1. The Hall–Kier alpha value is -1.02. The molecule has 2 aliphatic rings. The quantitative estimate of drug-likeness (QED) is 0.818. The first-order valence-electron chi connectivity index (χ1n) is 8.96. The Morgan fingerprint density at radius 2 is 1.71 bits per heavy atom. The van der Waals surface area contributed by atoms with Crippen LogP contribution in [0, 0.1) is 5.92 Å². The molecule has 2 nitrogen and oxygen atoms in total. The molecule has 0 unspecified atom stereocenters. The number of anilines is 1. The molecule has 2 heteroatoms. The lowest BCUT2D eigenvalue weighted by Crippen LogP contribution is -2.19. The van der Waals surface area contributed by atoms with Gasteiger partial charge in [-0.25, -0.2) is 0 Å². The van der Waals surface area contributed by atoms with Crippen LogP contribution in [0.5, 0.6) is 0 Å². The first-order valence-corrected chi connectivity index (χ1v) is 8.96. The van der Waals surface area contributed by atoms with E-state index < -0.39 is 0 Å². The monoisotopic (exact) mass is 286 g/mol. The van der Waals surface area contributed by atoms with Crippen molar-refractivity contribution in [1.82, 2.24) is 4.90 Å². The van der Waals surface area contributed by atoms with Gasteiger partial charge in [0.05, 0.1) is 0 Å². The summed E-state index contributed by atoms with van der Waals surface area (Å²) in [6.07, 6.45) is 11.4. The maximum Gasteiger partial charge on any atom is 0.0385 e. The molecule has 0 bridgehead atoms. The van der Waals surface area contributed by atoms with E-state index in [0.29, 0.717) is 0 Å². The van der Waals surface area contributed by atoms with Gasteiger partial charge >= 0.3 is 0 Å². The molecule has 0 radical (unpaired) electrons. The van der Waals surface area contributed by atoms with Gasteiger partial charge in [-0.05, 0) is 49.9 Å². The van der Waals surface area contributed by atoms with Gasteiger partial charge in [0.2, 0.25) is 0 Å². The van der Waals surface area contributed by atoms with E-state index in [9.17, 15) is 0 Å². The number of para-hydroxylation sites is 1. The second-order valence-electron chi connectivity index (χ2n) is 6.86. The first kappa shape index (κ1) is 14.9. The minimum absolute atomic E-state index is 0.969. The van der Waals surface area contributed by atoms with Crippen molar-refractivity contribution in [2.75, 3.05) is 25.0 Å². The third kappa shape index (κ3) is 4.47. The molecule has 1 aliphatic heterocycles. The number of nitrogens with one attached hydrogen (secondary N) is 1. The summed E-state index contributed by atoms with van der Waals surface area (Å²) in [6, 6.07) is 8.89. The maximum absolute atomic E-state index is 3.71. The number of benzene rings is 1. The molecule has 1 heterocycles. The Morgan fingerprint density at radius 3 is 2.52 bits per heavy atom. The second kappa shape index (κ2) is 7.84. The minimum Gasteiger partial charge on any atom is -0.385 e. The summed E-state index contributed by atoms with van der Waals surface area (Å²) in [6.45, 7) is 4.81. The predicted molar refractivity (Wildman–Crippen MR) is 90.6 cm³/mol. The molecule has 1 aromatic carbocycles. The molecule has 3 rings (SSSR count). The fourth-order valence-corrected chi connectivity index (χ4v) is 3.90. The lowest BCUT2D eigenvalue weighted by Gasteiger charge is -2.22. The van der Waals surface area contributed by atoms with Crippen molar-refractivity contribution >= 4 is 5.69 Å². The van der Waals surface area contributed by atoms with Crippen LogP contribution in [0.15, 0.2) is 24.3 Å². The topological polar surface area (TPSA) is 15.3 Å². The van der Waals surface area contributed by atoms with Crippen molar-refractivity contribution in [2.45, 2.75) is 57.9 Å². The Bertz CT molecular complexity index is 417. The van der Waals surface area contributed by atoms with Gasteiger partial charge in [-0.15, -0.1) is 0 Å². The van der Waals surface area contributed by atoms with Crippen molar-refractivity contribution in [3.8, 4) is 0 Å². The molecule has 0 spiro atoms. The molecular weight excluding hydrogens is 256 g/mol. The van der Waals surface area contributed by atoms with Crippen LogP contribution >= 0.6 is 0 Å². The van der Waals surface area contributed by atoms with Crippen LogP contribution in [-0.2, 0) is 6.54 Å². The molecule has 116 valence electrons.